The quantitative estimate of drug-likeness (QED) is 0.0264. The van der Waals surface area contributed by atoms with E-state index in [4.69, 9.17) is 24.3 Å². The Balaban J connectivity index is 3.99. The van der Waals surface area contributed by atoms with Gasteiger partial charge >= 0.3 is 19.8 Å². The van der Waals surface area contributed by atoms with Crippen molar-refractivity contribution in [2.24, 2.45) is 5.73 Å². The molecule has 0 amide bonds. The third-order valence-corrected chi connectivity index (χ3v) is 16.0. The average Bonchev–Trinajstić information content (AvgIpc) is 3.65. The Morgan fingerprint density at radius 1 is 0.356 bits per heavy atom. The molecule has 3 N–H and O–H groups in total. The van der Waals surface area contributed by atoms with Gasteiger partial charge in [-0.2, -0.15) is 0 Å². The summed E-state index contributed by atoms with van der Waals surface area (Å²) in [7, 11) is -4.41. The Hall–Kier alpha value is -3.85. The number of hydrogen-bond acceptors (Lipinski definition) is 8. The summed E-state index contributed by atoms with van der Waals surface area (Å²) < 4.78 is 33.1. The zero-order valence-electron chi connectivity index (χ0n) is 56.0. The third-order valence-electron chi connectivity index (χ3n) is 15.1. The number of carbonyl (C=O) groups excluding carboxylic acids is 2. The van der Waals surface area contributed by atoms with Crippen molar-refractivity contribution in [1.82, 2.24) is 0 Å². The molecule has 2 atom stereocenters. The van der Waals surface area contributed by atoms with Gasteiger partial charge in [0.15, 0.2) is 6.10 Å². The van der Waals surface area contributed by atoms with E-state index in [1.807, 2.05) is 0 Å². The molecular formula is C77H132NO8P. The Morgan fingerprint density at radius 2 is 0.632 bits per heavy atom. The Labute approximate surface area is 535 Å². The monoisotopic (exact) mass is 1230 g/mol. The number of allylic oxidation sites excluding steroid dienone is 22. The largest absolute Gasteiger partial charge is 0.472 e. The lowest BCUT2D eigenvalue weighted by atomic mass is 10.0. The number of phosphoric acid groups is 1. The minimum atomic E-state index is -4.41. The molecule has 9 nitrogen and oxygen atoms in total. The highest BCUT2D eigenvalue weighted by atomic mass is 31.2. The van der Waals surface area contributed by atoms with E-state index in [1.54, 1.807) is 0 Å². The molecule has 0 bridgehead atoms. The molecule has 0 saturated carbocycles. The topological polar surface area (TPSA) is 134 Å². The summed E-state index contributed by atoms with van der Waals surface area (Å²) in [5.74, 6) is -0.863. The van der Waals surface area contributed by atoms with Crippen LogP contribution in [0, 0.1) is 0 Å². The van der Waals surface area contributed by atoms with Gasteiger partial charge in [-0.1, -0.05) is 334 Å². The Morgan fingerprint density at radius 3 is 0.943 bits per heavy atom. The van der Waals surface area contributed by atoms with E-state index in [-0.39, 0.29) is 38.6 Å². The van der Waals surface area contributed by atoms with E-state index in [2.05, 4.69) is 148 Å². The van der Waals surface area contributed by atoms with Crippen LogP contribution >= 0.6 is 7.82 Å². The molecule has 0 radical (unpaired) electrons. The summed E-state index contributed by atoms with van der Waals surface area (Å²) in [6.07, 6.45) is 101. The highest BCUT2D eigenvalue weighted by molar-refractivity contribution is 7.47. The molecule has 0 heterocycles. The van der Waals surface area contributed by atoms with Crippen LogP contribution in [-0.4, -0.2) is 49.3 Å². The fourth-order valence-corrected chi connectivity index (χ4v) is 10.6. The predicted octanol–water partition coefficient (Wildman–Crippen LogP) is 23.6. The minimum Gasteiger partial charge on any atom is -0.462 e. The maximum absolute atomic E-state index is 12.8. The van der Waals surface area contributed by atoms with E-state index in [0.717, 1.165) is 109 Å². The number of phosphoric ester groups is 1. The van der Waals surface area contributed by atoms with E-state index in [1.165, 1.54) is 167 Å². The molecule has 0 aliphatic rings. The SMILES string of the molecule is CC/C=C\C/C=C\C/C=C\C/C=C\C/C=C\C/C=C\C/C=C\C/C=C\C/C=C\C/C=C\C/C=C\CCCCCC(=O)OC(COC(=O)CCCCCCCCCCCCCCCCCCCCCCCCCCCCCCC)COP(=O)(O)OCCN. The molecule has 2 unspecified atom stereocenters. The molecule has 0 rings (SSSR count). The van der Waals surface area contributed by atoms with Gasteiger partial charge in [0.1, 0.15) is 6.61 Å². The fourth-order valence-electron chi connectivity index (χ4n) is 9.82. The second-order valence-corrected chi connectivity index (χ2v) is 24.8. The first kappa shape index (κ1) is 83.2. The fraction of sp³-hybridized carbons (Fsp3) is 0.688. The van der Waals surface area contributed by atoms with Crippen LogP contribution in [0.25, 0.3) is 0 Å². The highest BCUT2D eigenvalue weighted by Crippen LogP contribution is 2.43. The summed E-state index contributed by atoms with van der Waals surface area (Å²) in [5.41, 5.74) is 5.40. The van der Waals surface area contributed by atoms with Crippen molar-refractivity contribution in [2.75, 3.05) is 26.4 Å². The molecule has 10 heteroatoms. The zero-order valence-corrected chi connectivity index (χ0v) is 56.9. The lowest BCUT2D eigenvalue weighted by Crippen LogP contribution is -2.29. The van der Waals surface area contributed by atoms with E-state index in [0.29, 0.717) is 6.42 Å². The van der Waals surface area contributed by atoms with Gasteiger partial charge in [0.25, 0.3) is 0 Å². The summed E-state index contributed by atoms with van der Waals surface area (Å²) in [4.78, 5) is 35.3. The number of ether oxygens (including phenoxy) is 2. The van der Waals surface area contributed by atoms with Gasteiger partial charge in [-0.25, -0.2) is 4.57 Å². The van der Waals surface area contributed by atoms with Crippen LogP contribution in [0.5, 0.6) is 0 Å². The molecule has 0 saturated heterocycles. The maximum Gasteiger partial charge on any atom is 0.472 e. The minimum absolute atomic E-state index is 0.0423. The third kappa shape index (κ3) is 71.1. The van der Waals surface area contributed by atoms with Crippen molar-refractivity contribution >= 4 is 19.8 Å². The van der Waals surface area contributed by atoms with Gasteiger partial charge < -0.3 is 20.1 Å². The van der Waals surface area contributed by atoms with Gasteiger partial charge in [-0.05, 0) is 96.3 Å². The Kier molecular flexibility index (Phi) is 68.1. The van der Waals surface area contributed by atoms with Crippen molar-refractivity contribution in [3.8, 4) is 0 Å². The molecule has 498 valence electrons. The highest BCUT2D eigenvalue weighted by Gasteiger charge is 2.26. The van der Waals surface area contributed by atoms with Crippen LogP contribution in [-0.2, 0) is 32.7 Å². The molecule has 0 aromatic carbocycles. The van der Waals surface area contributed by atoms with Crippen LogP contribution in [0.2, 0.25) is 0 Å². The molecule has 0 aromatic heterocycles. The van der Waals surface area contributed by atoms with Crippen LogP contribution in [0.4, 0.5) is 0 Å². The first-order valence-electron chi connectivity index (χ1n) is 35.7. The van der Waals surface area contributed by atoms with Gasteiger partial charge in [-0.15, -0.1) is 0 Å². The number of carbonyl (C=O) groups is 2. The van der Waals surface area contributed by atoms with Crippen molar-refractivity contribution in [1.29, 1.82) is 0 Å². The first-order chi connectivity index (χ1) is 42.8. The van der Waals surface area contributed by atoms with Crippen molar-refractivity contribution in [3.63, 3.8) is 0 Å². The van der Waals surface area contributed by atoms with E-state index in [9.17, 15) is 19.0 Å². The zero-order chi connectivity index (χ0) is 63.0. The lowest BCUT2D eigenvalue weighted by molar-refractivity contribution is -0.161. The van der Waals surface area contributed by atoms with Crippen LogP contribution in [0.1, 0.15) is 309 Å². The molecule has 0 aliphatic heterocycles. The molecule has 0 aromatic rings. The van der Waals surface area contributed by atoms with Crippen LogP contribution in [0.3, 0.4) is 0 Å². The van der Waals surface area contributed by atoms with Gasteiger partial charge in [0.05, 0.1) is 13.2 Å². The second kappa shape index (κ2) is 71.2. The smallest absolute Gasteiger partial charge is 0.462 e. The van der Waals surface area contributed by atoms with Gasteiger partial charge in [0.2, 0.25) is 0 Å². The van der Waals surface area contributed by atoms with Gasteiger partial charge in [-0.3, -0.25) is 18.6 Å². The maximum atomic E-state index is 12.8. The van der Waals surface area contributed by atoms with Crippen LogP contribution in [0.15, 0.2) is 134 Å². The number of unbranched alkanes of at least 4 members (excludes halogenated alkanes) is 31. The van der Waals surface area contributed by atoms with Crippen molar-refractivity contribution in [3.05, 3.63) is 134 Å². The standard InChI is InChI=1S/C77H132NO8P/c1-3-5-7-9-11-13-15-17-19-21-23-25-27-29-31-33-34-35-36-37-38-39-40-42-44-46-48-50-52-54-56-58-60-62-64-66-68-70-77(80)86-75(74-85-87(81,82)84-72-71-78)73-83-76(79)69-67-65-63-61-59-57-55-53-51-49-47-45-43-41-32-30-28-26-24-22-20-18-16-14-12-10-8-6-4-2/h5,7,11,13,17,19,23,25,29,31,34-35,37-38,40,42,46,48,52,54,58,60,75H,3-4,6,8-10,12,14-16,18,20-22,24,26-28,30,32-33,36,39,41,43-45,47,49-51,53,55-57,59,61-74,78H2,1-2H3,(H,81,82)/b7-5-,13-11-,19-17-,25-23-,31-29-,35-34-,38-37-,42-40-,48-46-,54-52-,60-58-. The second-order valence-electron chi connectivity index (χ2n) is 23.4. The van der Waals surface area contributed by atoms with Crippen molar-refractivity contribution < 1.29 is 37.6 Å². The molecule has 87 heavy (non-hydrogen) atoms. The summed E-state index contributed by atoms with van der Waals surface area (Å²) in [5, 5.41) is 0. The van der Waals surface area contributed by atoms with Crippen molar-refractivity contribution in [2.45, 2.75) is 315 Å². The van der Waals surface area contributed by atoms with Gasteiger partial charge in [0, 0.05) is 19.4 Å². The van der Waals surface area contributed by atoms with E-state index >= 15 is 0 Å². The number of nitrogens with two attached hydrogens (primary N) is 1. The molecule has 0 spiro atoms. The lowest BCUT2D eigenvalue weighted by Gasteiger charge is -2.19. The summed E-state index contributed by atoms with van der Waals surface area (Å²) in [6, 6.07) is 0. The summed E-state index contributed by atoms with van der Waals surface area (Å²) >= 11 is 0. The number of hydrogen-bond donors (Lipinski definition) is 2. The predicted molar refractivity (Wildman–Crippen MR) is 376 cm³/mol. The van der Waals surface area contributed by atoms with E-state index < -0.39 is 26.5 Å². The number of rotatable bonds is 66. The molecule has 0 fully saturated rings. The molecular weight excluding hydrogens is 1100 g/mol. The van der Waals surface area contributed by atoms with Crippen LogP contribution < -0.4 is 5.73 Å². The summed E-state index contributed by atoms with van der Waals surface area (Å²) in [6.45, 7) is 3.62. The molecule has 0 aliphatic carbocycles. The Bertz CT molecular complexity index is 1890. The number of esters is 2. The first-order valence-corrected chi connectivity index (χ1v) is 37.2. The normalized spacial score (nSPS) is 13.7. The average molecular weight is 1230 g/mol.